The molecular weight excluding hydrogens is 280 g/mol. The van der Waals surface area contributed by atoms with Gasteiger partial charge in [-0.1, -0.05) is 31.1 Å². The first kappa shape index (κ1) is 15.9. The van der Waals surface area contributed by atoms with E-state index >= 15 is 0 Å². The Morgan fingerprint density at radius 2 is 1.73 bits per heavy atom. The van der Waals surface area contributed by atoms with Gasteiger partial charge in [0.2, 0.25) is 0 Å². The average molecular weight is 300 g/mol. The Labute approximate surface area is 129 Å². The van der Waals surface area contributed by atoms with Crippen LogP contribution in [0.5, 0.6) is 0 Å². The summed E-state index contributed by atoms with van der Waals surface area (Å²) in [5.74, 6) is -0.234. The molecule has 0 spiro atoms. The Bertz CT molecular complexity index is 633. The van der Waals surface area contributed by atoms with Crippen molar-refractivity contribution in [2.24, 2.45) is 10.6 Å². The molecule has 1 aromatic rings. The molecule has 1 aromatic carbocycles. The van der Waals surface area contributed by atoms with Gasteiger partial charge in [-0.05, 0) is 30.0 Å². The van der Waals surface area contributed by atoms with Crippen LogP contribution in [-0.4, -0.2) is 22.5 Å². The van der Waals surface area contributed by atoms with Gasteiger partial charge in [-0.2, -0.15) is 0 Å². The number of nitrogens with one attached hydrogen (secondary N) is 1. The lowest BCUT2D eigenvalue weighted by molar-refractivity contribution is -0.127. The van der Waals surface area contributed by atoms with Crippen LogP contribution < -0.4 is 5.32 Å². The topological polar surface area (TPSA) is 78.8 Å². The zero-order valence-corrected chi connectivity index (χ0v) is 13.0. The number of benzene rings is 1. The monoisotopic (exact) mass is 300 g/mol. The quantitative estimate of drug-likeness (QED) is 0.295. The van der Waals surface area contributed by atoms with E-state index < -0.39 is 0 Å². The van der Waals surface area contributed by atoms with Crippen molar-refractivity contribution in [3.8, 4) is 0 Å². The maximum Gasteiger partial charge on any atom is 0.168 e. The summed E-state index contributed by atoms with van der Waals surface area (Å²) in [5.41, 5.74) is 2.05. The molecule has 5 heteroatoms. The Hall–Kier alpha value is -2.43. The first-order valence-corrected chi connectivity index (χ1v) is 7.14. The van der Waals surface area contributed by atoms with Gasteiger partial charge < -0.3 is 10.5 Å². The van der Waals surface area contributed by atoms with Crippen molar-refractivity contribution >= 4 is 23.0 Å². The maximum absolute atomic E-state index is 12.1. The van der Waals surface area contributed by atoms with E-state index in [0.29, 0.717) is 18.6 Å². The normalized spacial score (nSPS) is 18.3. The SMILES string of the molecule is C/C(=N/O)c1ccc(NC=C2C(=O)CC(C)(C)CC2=O)cc1. The van der Waals surface area contributed by atoms with Crippen molar-refractivity contribution in [3.63, 3.8) is 0 Å². The second-order valence-electron chi connectivity index (χ2n) is 6.33. The number of anilines is 1. The lowest BCUT2D eigenvalue weighted by Crippen LogP contribution is -2.31. The molecule has 0 atom stereocenters. The Kier molecular flexibility index (Phi) is 4.45. The van der Waals surface area contributed by atoms with Crippen molar-refractivity contribution in [1.29, 1.82) is 0 Å². The van der Waals surface area contributed by atoms with Crippen LogP contribution in [0.15, 0.2) is 41.2 Å². The van der Waals surface area contributed by atoms with Crippen LogP contribution in [0.25, 0.3) is 0 Å². The molecule has 1 fully saturated rings. The molecule has 2 rings (SSSR count). The summed E-state index contributed by atoms with van der Waals surface area (Å²) in [7, 11) is 0. The summed E-state index contributed by atoms with van der Waals surface area (Å²) in [6.07, 6.45) is 2.26. The number of carbonyl (C=O) groups is 2. The number of allylic oxidation sites excluding steroid dienone is 1. The molecule has 1 aliphatic rings. The lowest BCUT2D eigenvalue weighted by atomic mass is 9.74. The van der Waals surface area contributed by atoms with Gasteiger partial charge in [0.1, 0.15) is 0 Å². The van der Waals surface area contributed by atoms with Gasteiger partial charge in [-0.15, -0.1) is 0 Å². The van der Waals surface area contributed by atoms with E-state index in [1.165, 1.54) is 6.20 Å². The van der Waals surface area contributed by atoms with Crippen LogP contribution in [0, 0.1) is 5.41 Å². The van der Waals surface area contributed by atoms with Gasteiger partial charge in [-0.25, -0.2) is 0 Å². The van der Waals surface area contributed by atoms with Crippen LogP contribution >= 0.6 is 0 Å². The Morgan fingerprint density at radius 3 is 2.23 bits per heavy atom. The first-order valence-electron chi connectivity index (χ1n) is 7.14. The number of nitrogens with zero attached hydrogens (tertiary/aromatic N) is 1. The van der Waals surface area contributed by atoms with Gasteiger partial charge >= 0.3 is 0 Å². The van der Waals surface area contributed by atoms with Gasteiger partial charge in [0.15, 0.2) is 11.6 Å². The van der Waals surface area contributed by atoms with E-state index in [4.69, 9.17) is 5.21 Å². The highest BCUT2D eigenvalue weighted by Crippen LogP contribution is 2.33. The highest BCUT2D eigenvalue weighted by molar-refractivity contribution is 6.22. The van der Waals surface area contributed by atoms with Gasteiger partial charge in [0, 0.05) is 24.7 Å². The van der Waals surface area contributed by atoms with Crippen LogP contribution in [0.3, 0.4) is 0 Å². The molecule has 0 aliphatic heterocycles. The summed E-state index contributed by atoms with van der Waals surface area (Å²) in [5, 5.41) is 14.8. The Morgan fingerprint density at radius 1 is 1.18 bits per heavy atom. The standard InChI is InChI=1S/C17H20N2O3/c1-11(19-22)12-4-6-13(7-5-12)18-10-14-15(20)8-17(2,3)9-16(14)21/h4-7,10,18,22H,8-9H2,1-3H3/b19-11-. The van der Waals surface area contributed by atoms with E-state index in [9.17, 15) is 9.59 Å². The highest BCUT2D eigenvalue weighted by Gasteiger charge is 2.35. The molecule has 0 radical (unpaired) electrons. The van der Waals surface area contributed by atoms with Crippen LogP contribution in [0.1, 0.15) is 39.2 Å². The lowest BCUT2D eigenvalue weighted by Gasteiger charge is -2.28. The molecular formula is C17H20N2O3. The third-order valence-electron chi connectivity index (χ3n) is 3.71. The molecule has 0 aromatic heterocycles. The van der Waals surface area contributed by atoms with Crippen molar-refractivity contribution in [3.05, 3.63) is 41.6 Å². The predicted molar refractivity (Wildman–Crippen MR) is 85.2 cm³/mol. The zero-order chi connectivity index (χ0) is 16.3. The molecule has 0 saturated heterocycles. The van der Waals surface area contributed by atoms with E-state index in [1.807, 2.05) is 13.8 Å². The summed E-state index contributed by atoms with van der Waals surface area (Å²) in [6, 6.07) is 7.18. The van der Waals surface area contributed by atoms with E-state index in [1.54, 1.807) is 31.2 Å². The third-order valence-corrected chi connectivity index (χ3v) is 3.71. The fraction of sp³-hybridized carbons (Fsp3) is 0.353. The highest BCUT2D eigenvalue weighted by atomic mass is 16.4. The van der Waals surface area contributed by atoms with Crippen molar-refractivity contribution < 1.29 is 14.8 Å². The number of hydrogen-bond acceptors (Lipinski definition) is 5. The molecule has 0 unspecified atom stereocenters. The fourth-order valence-electron chi connectivity index (χ4n) is 2.46. The third kappa shape index (κ3) is 3.61. The minimum Gasteiger partial charge on any atom is -0.411 e. The van der Waals surface area contributed by atoms with Gasteiger partial charge in [0.05, 0.1) is 11.3 Å². The van der Waals surface area contributed by atoms with Gasteiger partial charge in [-0.3, -0.25) is 9.59 Å². The molecule has 22 heavy (non-hydrogen) atoms. The predicted octanol–water partition coefficient (Wildman–Crippen LogP) is 3.14. The first-order chi connectivity index (χ1) is 10.3. The second kappa shape index (κ2) is 6.13. The summed E-state index contributed by atoms with van der Waals surface area (Å²) in [4.78, 5) is 24.1. The number of ketones is 2. The average Bonchev–Trinajstić information content (AvgIpc) is 2.45. The van der Waals surface area contributed by atoms with E-state index in [-0.39, 0.29) is 22.6 Å². The second-order valence-corrected chi connectivity index (χ2v) is 6.33. The largest absolute Gasteiger partial charge is 0.411 e. The summed E-state index contributed by atoms with van der Waals surface area (Å²) < 4.78 is 0. The zero-order valence-electron chi connectivity index (χ0n) is 13.0. The molecule has 2 N–H and O–H groups in total. The summed E-state index contributed by atoms with van der Waals surface area (Å²) in [6.45, 7) is 5.55. The number of carbonyl (C=O) groups excluding carboxylic acids is 2. The number of hydrogen-bond donors (Lipinski definition) is 2. The maximum atomic E-state index is 12.1. The molecule has 0 amide bonds. The van der Waals surface area contributed by atoms with Crippen LogP contribution in [0.4, 0.5) is 5.69 Å². The van der Waals surface area contributed by atoms with E-state index in [0.717, 1.165) is 11.3 Å². The van der Waals surface area contributed by atoms with Crippen molar-refractivity contribution in [2.75, 3.05) is 5.32 Å². The molecule has 1 aliphatic carbocycles. The van der Waals surface area contributed by atoms with Crippen LogP contribution in [-0.2, 0) is 9.59 Å². The minimum absolute atomic E-state index is 0.117. The smallest absolute Gasteiger partial charge is 0.168 e. The number of Topliss-reactive ketones (excluding diaryl/α,β-unsaturated/α-hetero) is 2. The molecule has 116 valence electrons. The van der Waals surface area contributed by atoms with Gasteiger partial charge in [0.25, 0.3) is 0 Å². The minimum atomic E-state index is -0.256. The van der Waals surface area contributed by atoms with Crippen LogP contribution in [0.2, 0.25) is 0 Å². The Balaban J connectivity index is 2.11. The van der Waals surface area contributed by atoms with Crippen molar-refractivity contribution in [1.82, 2.24) is 0 Å². The number of rotatable bonds is 3. The molecule has 5 nitrogen and oxygen atoms in total. The number of oxime groups is 1. The van der Waals surface area contributed by atoms with Crippen molar-refractivity contribution in [2.45, 2.75) is 33.6 Å². The van der Waals surface area contributed by atoms with E-state index in [2.05, 4.69) is 10.5 Å². The molecule has 0 bridgehead atoms. The molecule has 0 heterocycles. The summed E-state index contributed by atoms with van der Waals surface area (Å²) >= 11 is 0. The molecule has 1 saturated carbocycles. The fourth-order valence-corrected chi connectivity index (χ4v) is 2.46.